The first kappa shape index (κ1) is 38.1. The summed E-state index contributed by atoms with van der Waals surface area (Å²) < 4.78 is 92.5. The third-order valence-corrected chi connectivity index (χ3v) is 11.6. The van der Waals surface area contributed by atoms with Crippen molar-refractivity contribution < 1.29 is 45.4 Å². The number of alkyl halides is 4. The molecule has 1 aliphatic rings. The largest absolute Gasteiger partial charge is 0.453 e. The molecule has 0 saturated heterocycles. The quantitative estimate of drug-likeness (QED) is 0.124. The number of hydrogen-bond acceptors (Lipinski definition) is 8. The number of thiazole rings is 1. The van der Waals surface area contributed by atoms with Crippen molar-refractivity contribution in [3.63, 3.8) is 0 Å². The monoisotopic (exact) mass is 750 g/mol. The summed E-state index contributed by atoms with van der Waals surface area (Å²) in [4.78, 5) is 29.8. The molecule has 1 fully saturated rings. The zero-order chi connectivity index (χ0) is 36.8. The zero-order valence-corrected chi connectivity index (χ0v) is 29.2. The molecule has 51 heavy (non-hydrogen) atoms. The molecule has 3 N–H and O–H groups in total. The maximum atomic E-state index is 15.6. The number of hydrogen-bond donors (Lipinski definition) is 3. The first-order valence-electron chi connectivity index (χ1n) is 16.2. The van der Waals surface area contributed by atoms with Crippen molar-refractivity contribution in [3.05, 3.63) is 95.5 Å². The Morgan fingerprint density at radius 1 is 1.06 bits per heavy atom. The number of ether oxygens (including phenoxy) is 1. The Labute approximate surface area is 296 Å². The molecule has 0 spiro atoms. The van der Waals surface area contributed by atoms with Gasteiger partial charge in [-0.05, 0) is 35.2 Å². The van der Waals surface area contributed by atoms with Gasteiger partial charge in [0.05, 0.1) is 40.4 Å². The Kier molecular flexibility index (Phi) is 12.0. The fraction of sp³-hybridized carbons (Fsp3) is 0.400. The smallest absolute Gasteiger partial charge is 0.407 e. The minimum Gasteiger partial charge on any atom is -0.453 e. The van der Waals surface area contributed by atoms with Crippen LogP contribution in [-0.2, 0) is 19.6 Å². The first-order chi connectivity index (χ1) is 24.2. The van der Waals surface area contributed by atoms with Crippen molar-refractivity contribution in [1.82, 2.24) is 19.9 Å². The van der Waals surface area contributed by atoms with Crippen molar-refractivity contribution in [1.29, 1.82) is 0 Å². The summed E-state index contributed by atoms with van der Waals surface area (Å²) in [6.07, 6.45) is -4.24. The lowest BCUT2D eigenvalue weighted by atomic mass is 9.81. The van der Waals surface area contributed by atoms with Gasteiger partial charge in [-0.3, -0.25) is 4.79 Å². The lowest BCUT2D eigenvalue weighted by molar-refractivity contribution is -0.124. The molecule has 274 valence electrons. The summed E-state index contributed by atoms with van der Waals surface area (Å²) in [5, 5.41) is 15.3. The number of aliphatic hydroxyl groups is 1. The van der Waals surface area contributed by atoms with Crippen LogP contribution in [0.4, 0.5) is 22.4 Å². The standard InChI is InChI=1S/C35H38F4N4O6S2/c1-49-33(46)42-31(30(24-8-4-2-5-9-24)25-10-6-3-7-11-25)32(45)40-15-14-34(36,37)19-26(21-44)43(20-23-17-35(38,39)18-23)51(47,48)27-12-13-28-29(16-27)50-22-41-28/h2-13,16,22-23,26,30-31,44H,14-15,17-21H2,1H3,(H,40,45)(H,42,46)/t26?,31-/m0/s1. The highest BCUT2D eigenvalue weighted by molar-refractivity contribution is 7.89. The summed E-state index contributed by atoms with van der Waals surface area (Å²) in [5.74, 6) is -8.92. The molecule has 1 saturated carbocycles. The highest BCUT2D eigenvalue weighted by Gasteiger charge is 2.48. The maximum absolute atomic E-state index is 15.6. The molecule has 0 bridgehead atoms. The summed E-state index contributed by atoms with van der Waals surface area (Å²) in [7, 11) is -3.41. The molecular formula is C35H38F4N4O6S2. The second-order valence-corrected chi connectivity index (χ2v) is 15.3. The van der Waals surface area contributed by atoms with E-state index in [4.69, 9.17) is 4.74 Å². The van der Waals surface area contributed by atoms with E-state index in [1.165, 1.54) is 35.0 Å². The summed E-state index contributed by atoms with van der Waals surface area (Å²) in [6, 6.07) is 18.8. The van der Waals surface area contributed by atoms with E-state index in [9.17, 15) is 31.9 Å². The molecule has 1 aromatic heterocycles. The van der Waals surface area contributed by atoms with Gasteiger partial charge in [0.25, 0.3) is 5.92 Å². The van der Waals surface area contributed by atoms with Crippen LogP contribution >= 0.6 is 11.3 Å². The number of halogens is 4. The summed E-state index contributed by atoms with van der Waals surface area (Å²) in [5.41, 5.74) is 3.37. The second kappa shape index (κ2) is 16.0. The number of sulfonamides is 1. The minimum atomic E-state index is -4.53. The van der Waals surface area contributed by atoms with Crippen LogP contribution in [-0.4, -0.2) is 85.5 Å². The van der Waals surface area contributed by atoms with Gasteiger partial charge in [0.15, 0.2) is 0 Å². The van der Waals surface area contributed by atoms with Crippen LogP contribution in [0.25, 0.3) is 10.2 Å². The SMILES string of the molecule is COC(=O)N[C@H](C(=O)NCCC(F)(F)CC(CO)N(CC1CC(F)(F)C1)S(=O)(=O)c1ccc2ncsc2c1)C(c1ccccc1)c1ccccc1. The molecule has 16 heteroatoms. The van der Waals surface area contributed by atoms with Crippen molar-refractivity contribution in [3.8, 4) is 0 Å². The van der Waals surface area contributed by atoms with Gasteiger partial charge in [0.2, 0.25) is 21.9 Å². The zero-order valence-electron chi connectivity index (χ0n) is 27.6. The van der Waals surface area contributed by atoms with Gasteiger partial charge in [0, 0.05) is 44.7 Å². The van der Waals surface area contributed by atoms with E-state index < -0.39 is 103 Å². The molecule has 0 radical (unpaired) electrons. The maximum Gasteiger partial charge on any atom is 0.407 e. The van der Waals surface area contributed by atoms with E-state index in [1.54, 1.807) is 60.7 Å². The first-order valence-corrected chi connectivity index (χ1v) is 18.5. The number of nitrogens with zero attached hydrogens (tertiary/aromatic N) is 2. The number of benzene rings is 3. The number of amides is 2. The number of rotatable bonds is 16. The lowest BCUT2D eigenvalue weighted by Crippen LogP contribution is -2.52. The molecule has 2 atom stereocenters. The molecular weight excluding hydrogens is 713 g/mol. The summed E-state index contributed by atoms with van der Waals surface area (Å²) >= 11 is 1.17. The Morgan fingerprint density at radius 2 is 1.69 bits per heavy atom. The van der Waals surface area contributed by atoms with Crippen LogP contribution in [0.5, 0.6) is 0 Å². The highest BCUT2D eigenvalue weighted by atomic mass is 32.2. The van der Waals surface area contributed by atoms with Crippen LogP contribution in [0.2, 0.25) is 0 Å². The van der Waals surface area contributed by atoms with Crippen LogP contribution in [0, 0.1) is 5.92 Å². The van der Waals surface area contributed by atoms with E-state index in [0.717, 1.165) is 7.11 Å². The fourth-order valence-corrected chi connectivity index (χ4v) is 8.82. The van der Waals surface area contributed by atoms with E-state index in [-0.39, 0.29) is 4.90 Å². The van der Waals surface area contributed by atoms with Gasteiger partial charge in [-0.15, -0.1) is 11.3 Å². The van der Waals surface area contributed by atoms with Gasteiger partial charge in [-0.2, -0.15) is 4.31 Å². The van der Waals surface area contributed by atoms with Crippen molar-refractivity contribution in [2.24, 2.45) is 5.92 Å². The highest BCUT2D eigenvalue weighted by Crippen LogP contribution is 2.44. The van der Waals surface area contributed by atoms with Crippen molar-refractivity contribution in [2.45, 2.75) is 60.4 Å². The third-order valence-electron chi connectivity index (χ3n) is 8.86. The Balaban J connectivity index is 1.33. The van der Waals surface area contributed by atoms with Gasteiger partial charge < -0.3 is 20.5 Å². The molecule has 1 heterocycles. The van der Waals surface area contributed by atoms with E-state index in [0.29, 0.717) is 25.6 Å². The number of alkyl carbamates (subject to hydrolysis) is 1. The molecule has 1 aliphatic carbocycles. The average Bonchev–Trinajstić information content (AvgIpc) is 3.57. The van der Waals surface area contributed by atoms with Gasteiger partial charge in [0.1, 0.15) is 6.04 Å². The predicted octanol–water partition coefficient (Wildman–Crippen LogP) is 5.78. The summed E-state index contributed by atoms with van der Waals surface area (Å²) in [6.45, 7) is -2.07. The second-order valence-electron chi connectivity index (χ2n) is 12.5. The Hall–Kier alpha value is -4.12. The number of carbonyl (C=O) groups is 2. The normalized spacial score (nSPS) is 16.1. The number of aromatic nitrogens is 1. The van der Waals surface area contributed by atoms with Gasteiger partial charge >= 0.3 is 6.09 Å². The van der Waals surface area contributed by atoms with Crippen LogP contribution in [0.1, 0.15) is 42.7 Å². The van der Waals surface area contributed by atoms with E-state index in [1.807, 2.05) is 0 Å². The third kappa shape index (κ3) is 9.41. The molecule has 2 amide bonds. The number of aliphatic hydroxyl groups excluding tert-OH is 1. The molecule has 1 unspecified atom stereocenters. The number of nitrogens with one attached hydrogen (secondary N) is 2. The Morgan fingerprint density at radius 3 is 2.25 bits per heavy atom. The van der Waals surface area contributed by atoms with Crippen LogP contribution < -0.4 is 10.6 Å². The van der Waals surface area contributed by atoms with Crippen molar-refractivity contribution in [2.75, 3.05) is 26.8 Å². The number of carbonyl (C=O) groups excluding carboxylic acids is 2. The van der Waals surface area contributed by atoms with Gasteiger partial charge in [-0.25, -0.2) is 35.8 Å². The lowest BCUT2D eigenvalue weighted by Gasteiger charge is -2.40. The molecule has 10 nitrogen and oxygen atoms in total. The Bertz CT molecular complexity index is 1850. The molecule has 0 aliphatic heterocycles. The molecule has 5 rings (SSSR count). The fourth-order valence-electron chi connectivity index (χ4n) is 6.31. The van der Waals surface area contributed by atoms with E-state index >= 15 is 8.78 Å². The predicted molar refractivity (Wildman–Crippen MR) is 183 cm³/mol. The number of fused-ring (bicyclic) bond motifs is 1. The van der Waals surface area contributed by atoms with Crippen molar-refractivity contribution >= 4 is 43.6 Å². The van der Waals surface area contributed by atoms with E-state index in [2.05, 4.69) is 15.6 Å². The van der Waals surface area contributed by atoms with Gasteiger partial charge in [-0.1, -0.05) is 60.7 Å². The van der Waals surface area contributed by atoms with Crippen LogP contribution in [0.3, 0.4) is 0 Å². The average molecular weight is 751 g/mol. The topological polar surface area (TPSA) is 138 Å². The molecule has 3 aromatic carbocycles. The minimum absolute atomic E-state index is 0.241. The molecule has 4 aromatic rings. The number of methoxy groups -OCH3 is 1. The van der Waals surface area contributed by atoms with Crippen LogP contribution in [0.15, 0.2) is 89.3 Å².